The Morgan fingerprint density at radius 1 is 1.23 bits per heavy atom. The van der Waals surface area contributed by atoms with E-state index < -0.39 is 0 Å². The maximum Gasteiger partial charge on any atom is 0.177 e. The third-order valence-corrected chi connectivity index (χ3v) is 5.88. The van der Waals surface area contributed by atoms with E-state index in [1.54, 1.807) is 17.5 Å². The Kier molecular flexibility index (Phi) is 4.03. The molecule has 4 aromatic heterocycles. The van der Waals surface area contributed by atoms with E-state index in [0.29, 0.717) is 6.54 Å². The minimum atomic E-state index is 0.243. The fourth-order valence-electron chi connectivity index (χ4n) is 3.36. The molecule has 0 amide bonds. The fourth-order valence-corrected chi connectivity index (χ4v) is 4.40. The van der Waals surface area contributed by atoms with Crippen molar-refractivity contribution < 1.29 is 4.74 Å². The van der Waals surface area contributed by atoms with Crippen molar-refractivity contribution in [3.8, 4) is 10.7 Å². The predicted octanol–water partition coefficient (Wildman–Crippen LogP) is 4.17. The van der Waals surface area contributed by atoms with Crippen LogP contribution in [0.3, 0.4) is 0 Å². The first-order chi connectivity index (χ1) is 12.9. The number of hydrogen-bond donors (Lipinski definition) is 1. The van der Waals surface area contributed by atoms with E-state index in [1.807, 2.05) is 29.2 Å². The second-order valence-corrected chi connectivity index (χ2v) is 7.66. The van der Waals surface area contributed by atoms with Gasteiger partial charge in [0.25, 0.3) is 0 Å². The van der Waals surface area contributed by atoms with Crippen LogP contribution in [0.2, 0.25) is 0 Å². The van der Waals surface area contributed by atoms with E-state index in [9.17, 15) is 0 Å². The molecule has 1 aliphatic rings. The van der Waals surface area contributed by atoms with Crippen molar-refractivity contribution in [1.82, 2.24) is 24.7 Å². The first-order valence-corrected chi connectivity index (χ1v) is 9.70. The standard InChI is InChI=1S/C19H19N5OS/c1-2-9-25-15(5-1)16-6-7-17(26-16)18-22-14-11-21-24(19(14)23-18)12-13-4-3-8-20-10-13/h3-4,6-8,10-11,15H,1-2,5,9,12H2,(H,22,23). The van der Waals surface area contributed by atoms with Crippen molar-refractivity contribution in [3.63, 3.8) is 0 Å². The van der Waals surface area contributed by atoms with Crippen molar-refractivity contribution in [1.29, 1.82) is 0 Å². The molecule has 1 fully saturated rings. The van der Waals surface area contributed by atoms with Crippen LogP contribution in [0, 0.1) is 0 Å². The third-order valence-electron chi connectivity index (χ3n) is 4.69. The molecule has 0 radical (unpaired) electrons. The molecule has 7 heteroatoms. The smallest absolute Gasteiger partial charge is 0.177 e. The van der Waals surface area contributed by atoms with Crippen LogP contribution in [0.15, 0.2) is 42.9 Å². The predicted molar refractivity (Wildman–Crippen MR) is 101 cm³/mol. The van der Waals surface area contributed by atoms with Crippen molar-refractivity contribution in [2.24, 2.45) is 0 Å². The summed E-state index contributed by atoms with van der Waals surface area (Å²) in [5.41, 5.74) is 2.93. The van der Waals surface area contributed by atoms with Gasteiger partial charge in [-0.05, 0) is 43.0 Å². The largest absolute Gasteiger partial charge is 0.373 e. The van der Waals surface area contributed by atoms with Gasteiger partial charge in [0.15, 0.2) is 11.5 Å². The van der Waals surface area contributed by atoms with Gasteiger partial charge in [-0.3, -0.25) is 4.98 Å². The van der Waals surface area contributed by atoms with Gasteiger partial charge in [0, 0.05) is 23.9 Å². The Hall–Kier alpha value is -2.51. The summed E-state index contributed by atoms with van der Waals surface area (Å²) < 4.78 is 7.81. The van der Waals surface area contributed by atoms with Gasteiger partial charge in [0.1, 0.15) is 5.52 Å². The van der Waals surface area contributed by atoms with Gasteiger partial charge in [0.05, 0.1) is 23.7 Å². The molecular weight excluding hydrogens is 346 g/mol. The van der Waals surface area contributed by atoms with Crippen LogP contribution in [0.4, 0.5) is 0 Å². The van der Waals surface area contributed by atoms with E-state index in [4.69, 9.17) is 9.72 Å². The zero-order valence-electron chi connectivity index (χ0n) is 14.3. The molecule has 0 bridgehead atoms. The van der Waals surface area contributed by atoms with Gasteiger partial charge in [-0.25, -0.2) is 9.67 Å². The molecule has 132 valence electrons. The third kappa shape index (κ3) is 2.93. The molecule has 5 rings (SSSR count). The lowest BCUT2D eigenvalue weighted by atomic mass is 10.1. The molecule has 5 heterocycles. The summed E-state index contributed by atoms with van der Waals surface area (Å²) in [6.07, 6.45) is 9.24. The Morgan fingerprint density at radius 2 is 2.23 bits per heavy atom. The minimum absolute atomic E-state index is 0.243. The summed E-state index contributed by atoms with van der Waals surface area (Å²) in [4.78, 5) is 14.8. The second-order valence-electron chi connectivity index (χ2n) is 6.54. The highest BCUT2D eigenvalue weighted by Gasteiger charge is 2.19. The number of H-pyrrole nitrogens is 1. The Bertz CT molecular complexity index is 1010. The first-order valence-electron chi connectivity index (χ1n) is 8.89. The second kappa shape index (κ2) is 6.66. The summed E-state index contributed by atoms with van der Waals surface area (Å²) in [7, 11) is 0. The van der Waals surface area contributed by atoms with Gasteiger partial charge < -0.3 is 9.72 Å². The molecular formula is C19H19N5OS. The lowest BCUT2D eigenvalue weighted by molar-refractivity contribution is 0.0172. The summed E-state index contributed by atoms with van der Waals surface area (Å²) in [6, 6.07) is 8.29. The van der Waals surface area contributed by atoms with Gasteiger partial charge in [-0.2, -0.15) is 5.10 Å². The zero-order valence-corrected chi connectivity index (χ0v) is 15.1. The normalized spacial score (nSPS) is 17.8. The van der Waals surface area contributed by atoms with Gasteiger partial charge in [-0.1, -0.05) is 6.07 Å². The molecule has 0 saturated carbocycles. The van der Waals surface area contributed by atoms with E-state index in [1.165, 1.54) is 17.7 Å². The topological polar surface area (TPSA) is 68.6 Å². The number of aromatic nitrogens is 5. The summed E-state index contributed by atoms with van der Waals surface area (Å²) in [6.45, 7) is 1.53. The molecule has 1 N–H and O–H groups in total. The Morgan fingerprint density at radius 3 is 3.08 bits per heavy atom. The Labute approximate surface area is 154 Å². The Balaban J connectivity index is 1.42. The average Bonchev–Trinajstić information content (AvgIpc) is 3.40. The van der Waals surface area contributed by atoms with E-state index >= 15 is 0 Å². The van der Waals surface area contributed by atoms with Gasteiger partial charge in [-0.15, -0.1) is 11.3 Å². The number of ether oxygens (including phenoxy) is 1. The number of aromatic amines is 1. The van der Waals surface area contributed by atoms with Crippen LogP contribution in [0.1, 0.15) is 35.8 Å². The number of nitrogens with one attached hydrogen (secondary N) is 1. The summed E-state index contributed by atoms with van der Waals surface area (Å²) in [5.74, 6) is 0.893. The molecule has 6 nitrogen and oxygen atoms in total. The zero-order chi connectivity index (χ0) is 17.3. The van der Waals surface area contributed by atoms with E-state index in [2.05, 4.69) is 27.2 Å². The van der Waals surface area contributed by atoms with Crippen molar-refractivity contribution in [2.45, 2.75) is 31.9 Å². The highest BCUT2D eigenvalue weighted by Crippen LogP contribution is 2.36. The molecule has 1 aliphatic heterocycles. The lowest BCUT2D eigenvalue weighted by Crippen LogP contribution is -2.09. The van der Waals surface area contributed by atoms with Gasteiger partial charge in [0.2, 0.25) is 0 Å². The van der Waals surface area contributed by atoms with Crippen molar-refractivity contribution in [3.05, 3.63) is 53.3 Å². The number of pyridine rings is 1. The number of thiophene rings is 1. The molecule has 4 aromatic rings. The minimum Gasteiger partial charge on any atom is -0.373 e. The molecule has 0 spiro atoms. The van der Waals surface area contributed by atoms with E-state index in [0.717, 1.165) is 40.5 Å². The SMILES string of the molecule is c1cncc(Cn2ncc3[nH]c(-c4ccc(C5CCCCO5)s4)nc32)c1. The van der Waals surface area contributed by atoms with Crippen LogP contribution in [-0.2, 0) is 11.3 Å². The van der Waals surface area contributed by atoms with Crippen LogP contribution < -0.4 is 0 Å². The number of nitrogens with zero attached hydrogens (tertiary/aromatic N) is 4. The summed E-state index contributed by atoms with van der Waals surface area (Å²) >= 11 is 1.76. The maximum atomic E-state index is 5.90. The van der Waals surface area contributed by atoms with Gasteiger partial charge >= 0.3 is 0 Å². The molecule has 0 aliphatic carbocycles. The number of hydrogen-bond acceptors (Lipinski definition) is 5. The highest BCUT2D eigenvalue weighted by molar-refractivity contribution is 7.15. The highest BCUT2D eigenvalue weighted by atomic mass is 32.1. The molecule has 26 heavy (non-hydrogen) atoms. The molecule has 0 aromatic carbocycles. The molecule has 1 saturated heterocycles. The van der Waals surface area contributed by atoms with Crippen LogP contribution in [-0.4, -0.2) is 31.3 Å². The monoisotopic (exact) mass is 365 g/mol. The first kappa shape index (κ1) is 15.7. The molecule has 1 unspecified atom stereocenters. The van der Waals surface area contributed by atoms with Crippen LogP contribution in [0.25, 0.3) is 21.9 Å². The van der Waals surface area contributed by atoms with Crippen LogP contribution in [0.5, 0.6) is 0 Å². The lowest BCUT2D eigenvalue weighted by Gasteiger charge is -2.21. The number of fused-ring (bicyclic) bond motifs is 1. The quantitative estimate of drug-likeness (QED) is 0.589. The van der Waals surface area contributed by atoms with Crippen LogP contribution >= 0.6 is 11.3 Å². The molecule has 1 atom stereocenters. The summed E-state index contributed by atoms with van der Waals surface area (Å²) in [5, 5.41) is 4.44. The number of rotatable bonds is 4. The van der Waals surface area contributed by atoms with E-state index in [-0.39, 0.29) is 6.10 Å². The fraction of sp³-hybridized carbons (Fsp3) is 0.316. The van der Waals surface area contributed by atoms with Crippen molar-refractivity contribution in [2.75, 3.05) is 6.61 Å². The van der Waals surface area contributed by atoms with Crippen molar-refractivity contribution >= 4 is 22.5 Å². The maximum absolute atomic E-state index is 5.90. The number of imidazole rings is 1. The average molecular weight is 365 g/mol.